The van der Waals surface area contributed by atoms with Gasteiger partial charge in [0.15, 0.2) is 0 Å². The Morgan fingerprint density at radius 2 is 1.92 bits per heavy atom. The average molecular weight is 477 g/mol. The molecule has 0 aliphatic carbocycles. The highest BCUT2D eigenvalue weighted by molar-refractivity contribution is 5.96. The Bertz CT molecular complexity index is 1390. The number of allylic oxidation sites excluding steroid dienone is 2. The van der Waals surface area contributed by atoms with Crippen LogP contribution in [0.4, 0.5) is 5.69 Å². The number of aromatic amines is 1. The first-order chi connectivity index (χ1) is 17.7. The molecule has 180 valence electrons. The molecule has 6 heteroatoms. The molecule has 0 saturated carbocycles. The molecule has 0 radical (unpaired) electrons. The molecule has 0 saturated heterocycles. The highest BCUT2D eigenvalue weighted by Gasteiger charge is 2.05. The van der Waals surface area contributed by atoms with Crippen LogP contribution < -0.4 is 9.47 Å². The highest BCUT2D eigenvalue weighted by atomic mass is 16.5. The van der Waals surface area contributed by atoms with Crippen molar-refractivity contribution in [3.63, 3.8) is 0 Å². The molecule has 1 aromatic heterocycles. The highest BCUT2D eigenvalue weighted by Crippen LogP contribution is 2.27. The summed E-state index contributed by atoms with van der Waals surface area (Å²) in [5.41, 5.74) is 6.26. The van der Waals surface area contributed by atoms with Crippen molar-refractivity contribution in [1.82, 2.24) is 10.2 Å². The molecule has 36 heavy (non-hydrogen) atoms. The summed E-state index contributed by atoms with van der Waals surface area (Å²) in [6, 6.07) is 13.7. The molecule has 1 aliphatic rings. The van der Waals surface area contributed by atoms with Crippen molar-refractivity contribution < 1.29 is 9.47 Å². The van der Waals surface area contributed by atoms with Crippen LogP contribution >= 0.6 is 0 Å². The largest absolute Gasteiger partial charge is 0.496 e. The van der Waals surface area contributed by atoms with Crippen LogP contribution in [0, 0.1) is 0 Å². The summed E-state index contributed by atoms with van der Waals surface area (Å²) >= 11 is 0. The van der Waals surface area contributed by atoms with E-state index in [9.17, 15) is 0 Å². The van der Waals surface area contributed by atoms with Crippen molar-refractivity contribution >= 4 is 48.5 Å². The number of ether oxygens (including phenoxy) is 2. The second-order valence-electron chi connectivity index (χ2n) is 7.93. The lowest BCUT2D eigenvalue weighted by molar-refractivity contribution is 0.369. The Labute approximate surface area is 211 Å². The lowest BCUT2D eigenvalue weighted by atomic mass is 10.1. The number of aliphatic imine (C=N–C) groups is 2. The molecule has 0 unspecified atom stereocenters. The second kappa shape index (κ2) is 12.1. The maximum absolute atomic E-state index is 5.90. The van der Waals surface area contributed by atoms with Gasteiger partial charge in [0.25, 0.3) is 0 Å². The van der Waals surface area contributed by atoms with Gasteiger partial charge in [-0.05, 0) is 72.8 Å². The minimum Gasteiger partial charge on any atom is -0.496 e. The number of rotatable bonds is 10. The Balaban J connectivity index is 1.41. The van der Waals surface area contributed by atoms with Gasteiger partial charge in [0.05, 0.1) is 29.9 Å². The van der Waals surface area contributed by atoms with Gasteiger partial charge in [-0.1, -0.05) is 43.0 Å². The van der Waals surface area contributed by atoms with E-state index >= 15 is 0 Å². The molecule has 0 bridgehead atoms. The van der Waals surface area contributed by atoms with Gasteiger partial charge < -0.3 is 9.47 Å². The number of hydrogen-bond donors (Lipinski definition) is 1. The van der Waals surface area contributed by atoms with E-state index in [1.54, 1.807) is 19.4 Å². The first-order valence-electron chi connectivity index (χ1n) is 11.5. The number of H-pyrrole nitrogens is 1. The molecule has 2 heterocycles. The molecule has 3 aromatic rings. The SMILES string of the molecule is C=Cc1ccc(/C=C/c2cc(/C=C/c3ccc(OCC4=NC=CCC=C4)cc3OC)[nH]n2)cc1N=C. The van der Waals surface area contributed by atoms with Crippen LogP contribution in [0.1, 0.15) is 34.5 Å². The average Bonchev–Trinajstić information content (AvgIpc) is 3.21. The second-order valence-corrected chi connectivity index (χ2v) is 7.93. The number of nitrogens with one attached hydrogen (secondary N) is 1. The van der Waals surface area contributed by atoms with Crippen LogP contribution in [0.5, 0.6) is 11.5 Å². The van der Waals surface area contributed by atoms with E-state index in [0.717, 1.165) is 57.4 Å². The maximum Gasteiger partial charge on any atom is 0.130 e. The van der Waals surface area contributed by atoms with Crippen molar-refractivity contribution in [3.05, 3.63) is 102 Å². The summed E-state index contributed by atoms with van der Waals surface area (Å²) < 4.78 is 11.5. The van der Waals surface area contributed by atoms with Gasteiger partial charge in [0.2, 0.25) is 0 Å². The molecule has 2 aromatic carbocycles. The van der Waals surface area contributed by atoms with Gasteiger partial charge in [-0.3, -0.25) is 15.1 Å². The zero-order valence-electron chi connectivity index (χ0n) is 20.2. The Hall–Kier alpha value is -4.71. The summed E-state index contributed by atoms with van der Waals surface area (Å²) in [5.74, 6) is 1.44. The van der Waals surface area contributed by atoms with E-state index in [0.29, 0.717) is 6.61 Å². The van der Waals surface area contributed by atoms with Crippen LogP contribution in [0.2, 0.25) is 0 Å². The fraction of sp³-hybridized carbons (Fsp3) is 0.100. The standard InChI is InChI=1S/C30H28N4O2/c1-4-23-11-9-22(18-29(23)31-2)10-14-25-19-26(34-33-25)15-12-24-13-16-28(20-30(24)35-3)36-21-27-8-6-5-7-17-32-27/h4,6-20H,1-2,5,21H2,3H3,(H,33,34)/b14-10+,15-12+. The predicted octanol–water partition coefficient (Wildman–Crippen LogP) is 7.03. The third-order valence-corrected chi connectivity index (χ3v) is 5.47. The third kappa shape index (κ3) is 6.45. The number of methoxy groups -OCH3 is 1. The Morgan fingerprint density at radius 3 is 2.75 bits per heavy atom. The molecule has 1 N–H and O–H groups in total. The first kappa shape index (κ1) is 24.4. The minimum atomic E-state index is 0.396. The minimum absolute atomic E-state index is 0.396. The maximum atomic E-state index is 5.90. The van der Waals surface area contributed by atoms with Crippen molar-refractivity contribution in [2.75, 3.05) is 13.7 Å². The zero-order valence-corrected chi connectivity index (χ0v) is 20.2. The number of hydrogen-bond acceptors (Lipinski definition) is 5. The van der Waals surface area contributed by atoms with E-state index < -0.39 is 0 Å². The molecule has 6 nitrogen and oxygen atoms in total. The quantitative estimate of drug-likeness (QED) is 0.319. The zero-order chi connectivity index (χ0) is 25.2. The van der Waals surface area contributed by atoms with Crippen LogP contribution in [-0.4, -0.2) is 36.3 Å². The summed E-state index contributed by atoms with van der Waals surface area (Å²) in [7, 11) is 1.65. The normalized spacial score (nSPS) is 13.1. The van der Waals surface area contributed by atoms with Gasteiger partial charge in [-0.15, -0.1) is 0 Å². The molecular formula is C30H28N4O2. The molecule has 0 spiro atoms. The first-order valence-corrected chi connectivity index (χ1v) is 11.5. The van der Waals surface area contributed by atoms with Crippen molar-refractivity contribution in [2.45, 2.75) is 6.42 Å². The Kier molecular flexibility index (Phi) is 8.22. The van der Waals surface area contributed by atoms with Crippen molar-refractivity contribution in [1.29, 1.82) is 0 Å². The van der Waals surface area contributed by atoms with E-state index in [4.69, 9.17) is 9.47 Å². The van der Waals surface area contributed by atoms with Gasteiger partial charge in [0, 0.05) is 17.8 Å². The topological polar surface area (TPSA) is 71.9 Å². The third-order valence-electron chi connectivity index (χ3n) is 5.47. The summed E-state index contributed by atoms with van der Waals surface area (Å²) in [6.07, 6.45) is 18.4. The van der Waals surface area contributed by atoms with Crippen molar-refractivity contribution in [2.24, 2.45) is 9.98 Å². The number of nitrogens with zero attached hydrogens (tertiary/aromatic N) is 3. The van der Waals surface area contributed by atoms with E-state index in [1.807, 2.05) is 78.9 Å². The summed E-state index contributed by atoms with van der Waals surface area (Å²) in [4.78, 5) is 8.42. The molecule has 0 atom stereocenters. The van der Waals surface area contributed by atoms with Gasteiger partial charge in [-0.25, -0.2) is 0 Å². The lowest BCUT2D eigenvalue weighted by Gasteiger charge is -2.10. The van der Waals surface area contributed by atoms with E-state index in [2.05, 4.69) is 39.6 Å². The molecule has 0 amide bonds. The van der Waals surface area contributed by atoms with Gasteiger partial charge >= 0.3 is 0 Å². The Morgan fingerprint density at radius 1 is 1.03 bits per heavy atom. The number of aromatic nitrogens is 2. The van der Waals surface area contributed by atoms with E-state index in [-0.39, 0.29) is 0 Å². The molecule has 1 aliphatic heterocycles. The van der Waals surface area contributed by atoms with Crippen molar-refractivity contribution in [3.8, 4) is 11.5 Å². The smallest absolute Gasteiger partial charge is 0.130 e. The number of benzene rings is 2. The molecule has 0 fully saturated rings. The fourth-order valence-electron chi connectivity index (χ4n) is 3.56. The monoisotopic (exact) mass is 476 g/mol. The molecule has 4 rings (SSSR count). The lowest BCUT2D eigenvalue weighted by Crippen LogP contribution is -2.08. The summed E-state index contributed by atoms with van der Waals surface area (Å²) in [6.45, 7) is 7.82. The predicted molar refractivity (Wildman–Crippen MR) is 151 cm³/mol. The summed E-state index contributed by atoms with van der Waals surface area (Å²) in [5, 5.41) is 7.41. The van der Waals surface area contributed by atoms with Gasteiger partial charge in [0.1, 0.15) is 18.1 Å². The van der Waals surface area contributed by atoms with Crippen LogP contribution in [-0.2, 0) is 0 Å². The van der Waals surface area contributed by atoms with Crippen LogP contribution in [0.15, 0.2) is 83.5 Å². The van der Waals surface area contributed by atoms with Crippen LogP contribution in [0.25, 0.3) is 30.4 Å². The van der Waals surface area contributed by atoms with Gasteiger partial charge in [-0.2, -0.15) is 5.10 Å². The van der Waals surface area contributed by atoms with Crippen LogP contribution in [0.3, 0.4) is 0 Å². The van der Waals surface area contributed by atoms with E-state index in [1.165, 1.54) is 0 Å². The fourth-order valence-corrected chi connectivity index (χ4v) is 3.56. The molecular weight excluding hydrogens is 448 g/mol.